The fourth-order valence-electron chi connectivity index (χ4n) is 4.47. The predicted octanol–water partition coefficient (Wildman–Crippen LogP) is 8.82. The maximum atomic E-state index is 15.2. The maximum absolute atomic E-state index is 15.2. The summed E-state index contributed by atoms with van der Waals surface area (Å²) in [6, 6.07) is 13.5. The second-order valence-corrected chi connectivity index (χ2v) is 9.19. The molecule has 0 aromatic heterocycles. The molecule has 4 rings (SSSR count). The van der Waals surface area contributed by atoms with Gasteiger partial charge >= 0.3 is 0 Å². The van der Waals surface area contributed by atoms with Gasteiger partial charge in [-0.05, 0) is 59.5 Å². The minimum absolute atomic E-state index is 0.124. The molecule has 0 aliphatic heterocycles. The van der Waals surface area contributed by atoms with Crippen molar-refractivity contribution in [1.82, 2.24) is 0 Å². The molecule has 0 heterocycles. The van der Waals surface area contributed by atoms with Gasteiger partial charge in [0.1, 0.15) is 46.5 Å². The Morgan fingerprint density at radius 1 is 0.763 bits per heavy atom. The lowest BCUT2D eigenvalue weighted by atomic mass is 9.96. The van der Waals surface area contributed by atoms with Crippen LogP contribution in [0.5, 0.6) is 5.75 Å². The number of benzene rings is 4. The van der Waals surface area contributed by atoms with E-state index in [1.165, 1.54) is 24.3 Å². The van der Waals surface area contributed by atoms with Crippen molar-refractivity contribution >= 4 is 10.8 Å². The third-order valence-electron chi connectivity index (χ3n) is 6.50. The zero-order valence-corrected chi connectivity index (χ0v) is 20.9. The molecule has 0 aliphatic carbocycles. The van der Waals surface area contributed by atoms with Crippen molar-refractivity contribution < 1.29 is 26.7 Å². The monoisotopic (exact) mass is 523 g/mol. The third-order valence-corrected chi connectivity index (χ3v) is 6.50. The van der Waals surface area contributed by atoms with Crippen molar-refractivity contribution in [2.24, 2.45) is 0 Å². The molecule has 4 aromatic rings. The van der Waals surface area contributed by atoms with Gasteiger partial charge in [0.2, 0.25) is 0 Å². The Kier molecular flexibility index (Phi) is 8.62. The molecule has 0 fully saturated rings. The van der Waals surface area contributed by atoms with E-state index in [2.05, 4.69) is 6.92 Å². The van der Waals surface area contributed by atoms with Gasteiger partial charge in [-0.25, -0.2) is 22.0 Å². The number of fused-ring (bicyclic) bond motifs is 1. The van der Waals surface area contributed by atoms with Crippen LogP contribution in [0, 0.1) is 40.4 Å². The fraction of sp³-hybridized carbons (Fsp3) is 0.258. The normalized spacial score (nSPS) is 11.1. The Balaban J connectivity index is 1.53. The largest absolute Gasteiger partial charge is 0.493 e. The van der Waals surface area contributed by atoms with Crippen molar-refractivity contribution in [2.45, 2.75) is 45.4 Å². The molecular weight excluding hydrogens is 497 g/mol. The number of ether oxygens (including phenoxy) is 1. The van der Waals surface area contributed by atoms with E-state index in [1.807, 2.05) is 0 Å². The Hall–Kier alpha value is -3.92. The van der Waals surface area contributed by atoms with Crippen LogP contribution in [0.4, 0.5) is 22.0 Å². The van der Waals surface area contributed by atoms with Gasteiger partial charge in [0, 0.05) is 17.5 Å². The second kappa shape index (κ2) is 12.1. The second-order valence-electron chi connectivity index (χ2n) is 9.19. The van der Waals surface area contributed by atoms with Crippen molar-refractivity contribution in [1.29, 1.82) is 5.26 Å². The molecule has 196 valence electrons. The molecule has 4 aromatic carbocycles. The molecule has 0 atom stereocenters. The first-order chi connectivity index (χ1) is 18.3. The summed E-state index contributed by atoms with van der Waals surface area (Å²) in [4.78, 5) is 0. The number of nitriles is 1. The number of aryl methyl sites for hydroxylation is 2. The predicted molar refractivity (Wildman–Crippen MR) is 137 cm³/mol. The van der Waals surface area contributed by atoms with Crippen LogP contribution in [0.15, 0.2) is 54.6 Å². The molecule has 0 aliphatic rings. The van der Waals surface area contributed by atoms with E-state index in [0.29, 0.717) is 23.1 Å². The van der Waals surface area contributed by atoms with Crippen molar-refractivity contribution in [2.75, 3.05) is 6.61 Å². The summed E-state index contributed by atoms with van der Waals surface area (Å²) in [6.07, 6.45) is 4.27. The molecule has 2 nitrogen and oxygen atoms in total. The molecule has 0 radical (unpaired) electrons. The standard InChI is InChI=1S/C31H26F5NO/c1-2-3-4-5-12-38-23-16-28(34)30(29(35)17-23)22-10-11-24-21(15-22)9-8-20(31(24)36)7-6-19-13-26(32)25(18-37)27(33)14-19/h8-11,13-17H,2-7,12H2,1H3. The number of hydrogen-bond donors (Lipinski definition) is 0. The molecule has 0 unspecified atom stereocenters. The van der Waals surface area contributed by atoms with E-state index in [9.17, 15) is 17.6 Å². The lowest BCUT2D eigenvalue weighted by molar-refractivity contribution is 0.302. The van der Waals surface area contributed by atoms with Crippen LogP contribution >= 0.6 is 0 Å². The number of nitrogens with zero attached hydrogens (tertiary/aromatic N) is 1. The molecule has 0 spiro atoms. The van der Waals surface area contributed by atoms with Crippen LogP contribution in [-0.2, 0) is 12.8 Å². The van der Waals surface area contributed by atoms with Gasteiger partial charge in [-0.1, -0.05) is 50.5 Å². The number of hydrogen-bond acceptors (Lipinski definition) is 2. The van der Waals surface area contributed by atoms with Crippen molar-refractivity contribution in [3.05, 3.63) is 100 Å². The Morgan fingerprint density at radius 3 is 2.13 bits per heavy atom. The average Bonchev–Trinajstić information content (AvgIpc) is 2.88. The molecule has 0 amide bonds. The van der Waals surface area contributed by atoms with Crippen LogP contribution in [0.2, 0.25) is 0 Å². The number of unbranched alkanes of at least 4 members (excludes halogenated alkanes) is 3. The van der Waals surface area contributed by atoms with E-state index < -0.39 is 34.6 Å². The molecule has 0 bridgehead atoms. The van der Waals surface area contributed by atoms with Gasteiger partial charge in [0.25, 0.3) is 0 Å². The fourth-order valence-corrected chi connectivity index (χ4v) is 4.47. The highest BCUT2D eigenvalue weighted by Gasteiger charge is 2.17. The van der Waals surface area contributed by atoms with Crippen LogP contribution in [-0.4, -0.2) is 6.61 Å². The van der Waals surface area contributed by atoms with E-state index in [1.54, 1.807) is 12.1 Å². The number of halogens is 5. The lowest BCUT2D eigenvalue weighted by Gasteiger charge is -2.12. The molecule has 38 heavy (non-hydrogen) atoms. The van der Waals surface area contributed by atoms with Crippen LogP contribution in [0.25, 0.3) is 21.9 Å². The average molecular weight is 524 g/mol. The molecule has 0 saturated heterocycles. The summed E-state index contributed by atoms with van der Waals surface area (Å²) in [5.74, 6) is -3.85. The topological polar surface area (TPSA) is 33.0 Å². The van der Waals surface area contributed by atoms with Crippen LogP contribution in [0.3, 0.4) is 0 Å². The lowest BCUT2D eigenvalue weighted by Crippen LogP contribution is -2.00. The smallest absolute Gasteiger partial charge is 0.144 e. The Labute approximate surface area is 218 Å². The van der Waals surface area contributed by atoms with Crippen LogP contribution < -0.4 is 4.74 Å². The summed E-state index contributed by atoms with van der Waals surface area (Å²) in [7, 11) is 0. The molecule has 7 heteroatoms. The van der Waals surface area contributed by atoms with Gasteiger partial charge in [-0.2, -0.15) is 5.26 Å². The summed E-state index contributed by atoms with van der Waals surface area (Å²) in [5, 5.41) is 9.51. The first kappa shape index (κ1) is 27.1. The maximum Gasteiger partial charge on any atom is 0.144 e. The zero-order valence-electron chi connectivity index (χ0n) is 20.9. The first-order valence-corrected chi connectivity index (χ1v) is 12.5. The number of rotatable bonds is 10. The van der Waals surface area contributed by atoms with E-state index in [0.717, 1.165) is 49.9 Å². The van der Waals surface area contributed by atoms with Gasteiger partial charge in [0.05, 0.1) is 12.2 Å². The molecule has 0 N–H and O–H groups in total. The Morgan fingerprint density at radius 2 is 1.47 bits per heavy atom. The minimum atomic E-state index is -0.958. The summed E-state index contributed by atoms with van der Waals surface area (Å²) < 4.78 is 78.2. The summed E-state index contributed by atoms with van der Waals surface area (Å²) in [6.45, 7) is 2.47. The highest BCUT2D eigenvalue weighted by Crippen LogP contribution is 2.33. The quantitative estimate of drug-likeness (QED) is 0.154. The molecule has 0 saturated carbocycles. The highest BCUT2D eigenvalue weighted by molar-refractivity contribution is 5.88. The Bertz CT molecular complexity index is 1460. The van der Waals surface area contributed by atoms with E-state index in [-0.39, 0.29) is 35.1 Å². The van der Waals surface area contributed by atoms with Crippen molar-refractivity contribution in [3.8, 4) is 22.9 Å². The molecular formula is C31H26F5NO. The van der Waals surface area contributed by atoms with Gasteiger partial charge in [-0.3, -0.25) is 0 Å². The zero-order chi connectivity index (χ0) is 27.2. The third kappa shape index (κ3) is 5.96. The first-order valence-electron chi connectivity index (χ1n) is 12.5. The van der Waals surface area contributed by atoms with Crippen LogP contribution in [0.1, 0.15) is 49.3 Å². The highest BCUT2D eigenvalue weighted by atomic mass is 19.1. The van der Waals surface area contributed by atoms with E-state index in [4.69, 9.17) is 10.00 Å². The van der Waals surface area contributed by atoms with Gasteiger partial charge in [0.15, 0.2) is 0 Å². The van der Waals surface area contributed by atoms with Gasteiger partial charge < -0.3 is 4.74 Å². The summed E-state index contributed by atoms with van der Waals surface area (Å²) >= 11 is 0. The van der Waals surface area contributed by atoms with Gasteiger partial charge in [-0.15, -0.1) is 0 Å². The van der Waals surface area contributed by atoms with Crippen molar-refractivity contribution in [3.63, 3.8) is 0 Å². The summed E-state index contributed by atoms with van der Waals surface area (Å²) in [5.41, 5.74) is 0.0116. The van der Waals surface area contributed by atoms with E-state index >= 15 is 4.39 Å². The SMILES string of the molecule is CCCCCCOc1cc(F)c(-c2ccc3c(F)c(CCc4cc(F)c(C#N)c(F)c4)ccc3c2)c(F)c1. The minimum Gasteiger partial charge on any atom is -0.493 e.